The van der Waals surface area contributed by atoms with Crippen molar-refractivity contribution < 1.29 is 90.7 Å². The molecular formula is C67H130N2O19P2. The molecule has 2 unspecified atom stereocenters. The maximum absolute atomic E-state index is 14.1. The van der Waals surface area contributed by atoms with E-state index in [1.54, 1.807) is 7.11 Å². The zero-order valence-corrected chi connectivity index (χ0v) is 58.6. The molecule has 2 heterocycles. The number of hydrogen-bond acceptors (Lipinski definition) is 15. The van der Waals surface area contributed by atoms with E-state index in [0.29, 0.717) is 32.1 Å². The maximum atomic E-state index is 14.1. The zero-order chi connectivity index (χ0) is 66.1. The van der Waals surface area contributed by atoms with Gasteiger partial charge in [-0.25, -0.2) is 9.13 Å². The molecule has 23 heteroatoms. The van der Waals surface area contributed by atoms with Crippen LogP contribution in [0.15, 0.2) is 12.2 Å². The van der Waals surface area contributed by atoms with Crippen LogP contribution in [-0.2, 0) is 60.9 Å². The predicted octanol–water partition coefficient (Wildman–Crippen LogP) is 13.8. The molecule has 532 valence electrons. The molecule has 2 aliphatic rings. The van der Waals surface area contributed by atoms with Crippen LogP contribution in [0.2, 0.25) is 0 Å². The number of hydrogen-bond donors (Lipinski definition) is 8. The lowest BCUT2D eigenvalue weighted by Crippen LogP contribution is -2.67. The van der Waals surface area contributed by atoms with E-state index < -0.39 is 101 Å². The highest BCUT2D eigenvalue weighted by atomic mass is 31.2. The van der Waals surface area contributed by atoms with Crippen molar-refractivity contribution in [1.29, 1.82) is 0 Å². The van der Waals surface area contributed by atoms with Gasteiger partial charge in [-0.15, -0.1) is 0 Å². The van der Waals surface area contributed by atoms with Crippen LogP contribution in [0, 0.1) is 0 Å². The number of unbranched alkanes of at least 4 members (excludes halogenated alkanes) is 31. The number of phosphoric acid groups is 2. The number of carbonyl (C=O) groups is 2. The Kier molecular flexibility index (Phi) is 50.5. The number of carbonyl (C=O) groups excluding carboxylic acids is 2. The molecule has 2 fully saturated rings. The van der Waals surface area contributed by atoms with E-state index in [1.807, 2.05) is 0 Å². The quantitative estimate of drug-likeness (QED) is 0.0159. The molecular weight excluding hydrogens is 1200 g/mol. The van der Waals surface area contributed by atoms with Gasteiger partial charge in [0.05, 0.1) is 31.8 Å². The van der Waals surface area contributed by atoms with E-state index in [1.165, 1.54) is 77.7 Å². The van der Waals surface area contributed by atoms with Gasteiger partial charge in [0, 0.05) is 33.9 Å². The minimum atomic E-state index is -5.38. The lowest BCUT2D eigenvalue weighted by atomic mass is 9.95. The molecule has 21 nitrogen and oxygen atoms in total. The van der Waals surface area contributed by atoms with Crippen LogP contribution in [0.5, 0.6) is 0 Å². The van der Waals surface area contributed by atoms with Gasteiger partial charge >= 0.3 is 15.6 Å². The van der Waals surface area contributed by atoms with Gasteiger partial charge in [0.25, 0.3) is 0 Å². The number of aliphatic hydroxyl groups excluding tert-OH is 2. The summed E-state index contributed by atoms with van der Waals surface area (Å²) in [7, 11) is -7.66. The van der Waals surface area contributed by atoms with E-state index in [-0.39, 0.29) is 38.8 Å². The largest absolute Gasteiger partial charge is 0.472 e. The number of ether oxygens (including phenoxy) is 7. The van der Waals surface area contributed by atoms with Crippen molar-refractivity contribution in [3.63, 3.8) is 0 Å². The van der Waals surface area contributed by atoms with Crippen molar-refractivity contribution in [2.24, 2.45) is 0 Å². The van der Waals surface area contributed by atoms with Crippen LogP contribution in [0.3, 0.4) is 0 Å². The second-order valence-corrected chi connectivity index (χ2v) is 27.8. The minimum absolute atomic E-state index is 0.0143. The Balaban J connectivity index is 2.44. The fourth-order valence-electron chi connectivity index (χ4n) is 12.0. The van der Waals surface area contributed by atoms with Gasteiger partial charge in [-0.2, -0.15) is 0 Å². The van der Waals surface area contributed by atoms with Crippen molar-refractivity contribution in [1.82, 2.24) is 10.6 Å². The van der Waals surface area contributed by atoms with E-state index in [9.17, 15) is 48.5 Å². The number of phosphoric ester groups is 2. The van der Waals surface area contributed by atoms with Crippen LogP contribution >= 0.6 is 15.6 Å². The maximum Gasteiger partial charge on any atom is 0.472 e. The Morgan fingerprint density at radius 3 is 1.44 bits per heavy atom. The molecule has 0 saturated carbocycles. The van der Waals surface area contributed by atoms with Gasteiger partial charge < -0.3 is 73.6 Å². The van der Waals surface area contributed by atoms with Gasteiger partial charge in [-0.1, -0.05) is 232 Å². The number of rotatable bonds is 60. The second-order valence-electron chi connectivity index (χ2n) is 25.4. The Labute approximate surface area is 543 Å². The van der Waals surface area contributed by atoms with E-state index in [0.717, 1.165) is 148 Å². The first-order valence-electron chi connectivity index (χ1n) is 35.7. The molecule has 0 bridgehead atoms. The van der Waals surface area contributed by atoms with Crippen LogP contribution < -0.4 is 10.6 Å². The van der Waals surface area contributed by atoms with Gasteiger partial charge in [-0.3, -0.25) is 18.6 Å². The van der Waals surface area contributed by atoms with E-state index in [2.05, 4.69) is 50.5 Å². The second kappa shape index (κ2) is 53.7. The number of allylic oxidation sites excluding steroid dienone is 2. The van der Waals surface area contributed by atoms with Crippen LogP contribution in [-0.4, -0.2) is 156 Å². The predicted molar refractivity (Wildman–Crippen MR) is 352 cm³/mol. The molecule has 0 spiro atoms. The first-order chi connectivity index (χ1) is 43.4. The normalized spacial score (nSPS) is 23.2. The summed E-state index contributed by atoms with van der Waals surface area (Å²) in [5.41, 5.74) is 0. The summed E-state index contributed by atoms with van der Waals surface area (Å²) < 4.78 is 79.5. The molecule has 2 amide bonds. The number of nitrogens with one attached hydrogen (secondary N) is 2. The standard InChI is InChI=1S/C67H130N2O19P2/c1-7-11-15-19-22-25-27-28-29-30-31-33-35-39-43-47-58(71)68-61-65(83-50-48-55(81-6)46-42-37-18-14-10-4)63(87-89(74,75)76)57(52-80-5)86-66(61)84-53-56-62(73)64(82-49-44-40-36-24-21-17-13-9-3)60(67(85-56)88-90(77,78)79)69-59(72)51-54(70)45-41-38-34-32-26-23-20-16-12-8-2/h25,27,54-57,60-67,70,73H,7-24,26,28-53H2,1-6H3,(H,68,71)(H,69,72)(H2,74,75,76)(H2,77,78,79)/b27-25-/t54?,55?,56-,57-,60-,61-,62-,63-,64-,65-,66-,67-/m1/s1. The fraction of sp³-hybridized carbons (Fsp3) is 0.940. The Morgan fingerprint density at radius 1 is 0.478 bits per heavy atom. The fourth-order valence-corrected chi connectivity index (χ4v) is 13.0. The van der Waals surface area contributed by atoms with E-state index >= 15 is 0 Å². The van der Waals surface area contributed by atoms with Crippen LogP contribution in [0.25, 0.3) is 0 Å². The highest BCUT2D eigenvalue weighted by molar-refractivity contribution is 7.46. The third-order valence-electron chi connectivity index (χ3n) is 17.2. The molecule has 0 aromatic carbocycles. The summed E-state index contributed by atoms with van der Waals surface area (Å²) in [5.74, 6) is -1.09. The van der Waals surface area contributed by atoms with Crippen LogP contribution in [0.4, 0.5) is 0 Å². The summed E-state index contributed by atoms with van der Waals surface area (Å²) in [5, 5.41) is 29.0. The highest BCUT2D eigenvalue weighted by Crippen LogP contribution is 2.44. The molecule has 2 saturated heterocycles. The molecule has 90 heavy (non-hydrogen) atoms. The summed E-state index contributed by atoms with van der Waals surface area (Å²) in [6, 6.07) is -2.79. The zero-order valence-electron chi connectivity index (χ0n) is 56.8. The summed E-state index contributed by atoms with van der Waals surface area (Å²) >= 11 is 0. The number of methoxy groups -OCH3 is 2. The van der Waals surface area contributed by atoms with Crippen molar-refractivity contribution in [2.45, 2.75) is 364 Å². The molecule has 0 radical (unpaired) electrons. The first kappa shape index (κ1) is 84.6. The lowest BCUT2D eigenvalue weighted by Gasteiger charge is -2.47. The number of aliphatic hydroxyl groups is 2. The Morgan fingerprint density at radius 2 is 0.922 bits per heavy atom. The molecule has 2 aliphatic heterocycles. The summed E-state index contributed by atoms with van der Waals surface area (Å²) in [4.78, 5) is 69.2. The van der Waals surface area contributed by atoms with Gasteiger partial charge in [-0.05, 0) is 57.8 Å². The Bertz CT molecular complexity index is 1870. The van der Waals surface area contributed by atoms with Crippen LogP contribution in [0.1, 0.15) is 291 Å². The van der Waals surface area contributed by atoms with Gasteiger partial charge in [0.15, 0.2) is 12.6 Å². The lowest BCUT2D eigenvalue weighted by molar-refractivity contribution is -0.301. The molecule has 2 rings (SSSR count). The van der Waals surface area contributed by atoms with Crippen molar-refractivity contribution in [3.8, 4) is 0 Å². The molecule has 12 atom stereocenters. The minimum Gasteiger partial charge on any atom is -0.393 e. The third kappa shape index (κ3) is 41.5. The molecule has 8 N–H and O–H groups in total. The topological polar surface area (TPSA) is 297 Å². The van der Waals surface area contributed by atoms with Crippen molar-refractivity contribution in [3.05, 3.63) is 12.2 Å². The summed E-state index contributed by atoms with van der Waals surface area (Å²) in [6.07, 6.45) is 30.8. The molecule has 0 aromatic rings. The highest BCUT2D eigenvalue weighted by Gasteiger charge is 2.53. The monoisotopic (exact) mass is 1330 g/mol. The molecule has 0 aromatic heterocycles. The first-order valence-corrected chi connectivity index (χ1v) is 38.7. The smallest absolute Gasteiger partial charge is 0.393 e. The average Bonchev–Trinajstić information content (AvgIpc) is 0.846. The van der Waals surface area contributed by atoms with Crippen molar-refractivity contribution in [2.75, 3.05) is 40.6 Å². The van der Waals surface area contributed by atoms with Crippen molar-refractivity contribution >= 4 is 27.5 Å². The summed E-state index contributed by atoms with van der Waals surface area (Å²) in [6.45, 7) is 7.98. The Hall–Kier alpha value is -1.46. The SMILES string of the molecule is CCCCCC/C=C\CCCCCCCCCC(=O)N[C@H]1[C@H](OC[C@H]2O[C@H](OP(=O)(O)O)[C@H](NC(=O)CC(O)CCCCCCCCCCCC)[C@@H](OCCCCCCCCCC)[C@@H]2O)O[C@H](COC)[C@@H](OP(=O)(O)O)[C@@H]1OCCC(CCCCCCC)OC. The third-order valence-corrected chi connectivity index (χ3v) is 18.2. The van der Waals surface area contributed by atoms with Gasteiger partial charge in [0.1, 0.15) is 48.7 Å². The average molecular weight is 1330 g/mol. The van der Waals surface area contributed by atoms with Gasteiger partial charge in [0.2, 0.25) is 11.8 Å². The molecule has 0 aliphatic carbocycles. The number of amides is 2. The van der Waals surface area contributed by atoms with E-state index in [4.69, 9.17) is 42.2 Å².